The molecule has 0 spiro atoms. The topological polar surface area (TPSA) is 29.3 Å². The summed E-state index contributed by atoms with van der Waals surface area (Å²) >= 11 is 1.85. The highest BCUT2D eigenvalue weighted by Crippen LogP contribution is 2.38. The van der Waals surface area contributed by atoms with Crippen molar-refractivity contribution >= 4 is 11.3 Å². The number of thiophene rings is 1. The molecule has 0 amide bonds. The van der Waals surface area contributed by atoms with Gasteiger partial charge in [-0.1, -0.05) is 25.3 Å². The molecule has 1 aliphatic rings. The van der Waals surface area contributed by atoms with Gasteiger partial charge in [0.05, 0.1) is 0 Å². The first-order chi connectivity index (χ1) is 8.74. The van der Waals surface area contributed by atoms with Gasteiger partial charge in [-0.25, -0.2) is 0 Å². The van der Waals surface area contributed by atoms with Crippen LogP contribution in [0, 0.1) is 5.41 Å². The zero-order valence-electron chi connectivity index (χ0n) is 11.5. The van der Waals surface area contributed by atoms with Gasteiger partial charge in [0.15, 0.2) is 0 Å². The van der Waals surface area contributed by atoms with E-state index in [-0.39, 0.29) is 0 Å². The van der Waals surface area contributed by atoms with Crippen molar-refractivity contribution in [2.75, 3.05) is 20.1 Å². The number of nitrogens with two attached hydrogens (primary N) is 1. The first kappa shape index (κ1) is 14.0. The monoisotopic (exact) mass is 266 g/mol. The predicted octanol–water partition coefficient (Wildman–Crippen LogP) is 3.48. The van der Waals surface area contributed by atoms with Gasteiger partial charge in [0.25, 0.3) is 0 Å². The Hall–Kier alpha value is -0.380. The Balaban J connectivity index is 1.78. The third-order valence-electron chi connectivity index (χ3n) is 4.38. The van der Waals surface area contributed by atoms with Crippen LogP contribution in [-0.2, 0) is 6.54 Å². The summed E-state index contributed by atoms with van der Waals surface area (Å²) in [6.07, 6.45) is 8.13. The molecule has 1 fully saturated rings. The van der Waals surface area contributed by atoms with Gasteiger partial charge in [-0.05, 0) is 56.3 Å². The Morgan fingerprint density at radius 2 is 2.11 bits per heavy atom. The molecule has 0 aliphatic heterocycles. The van der Waals surface area contributed by atoms with Crippen LogP contribution in [0.3, 0.4) is 0 Å². The van der Waals surface area contributed by atoms with Crippen LogP contribution in [0.1, 0.15) is 43.4 Å². The highest BCUT2D eigenvalue weighted by Gasteiger charge is 2.30. The van der Waals surface area contributed by atoms with Gasteiger partial charge in [0.2, 0.25) is 0 Å². The fraction of sp³-hybridized carbons (Fsp3) is 0.733. The van der Waals surface area contributed by atoms with E-state index in [0.29, 0.717) is 5.41 Å². The van der Waals surface area contributed by atoms with Gasteiger partial charge >= 0.3 is 0 Å². The maximum atomic E-state index is 6.04. The van der Waals surface area contributed by atoms with E-state index in [1.165, 1.54) is 49.9 Å². The summed E-state index contributed by atoms with van der Waals surface area (Å²) in [4.78, 5) is 3.90. The molecule has 1 aliphatic carbocycles. The molecule has 2 N–H and O–H groups in total. The van der Waals surface area contributed by atoms with Crippen molar-refractivity contribution in [2.24, 2.45) is 11.1 Å². The molecule has 0 saturated heterocycles. The van der Waals surface area contributed by atoms with Crippen LogP contribution in [0.25, 0.3) is 0 Å². The van der Waals surface area contributed by atoms with Crippen molar-refractivity contribution in [3.8, 4) is 0 Å². The SMILES string of the molecule is CN(CCC1(CN)CCCCC1)Cc1cccs1. The van der Waals surface area contributed by atoms with Crippen LogP contribution in [0.4, 0.5) is 0 Å². The van der Waals surface area contributed by atoms with E-state index in [9.17, 15) is 0 Å². The summed E-state index contributed by atoms with van der Waals surface area (Å²) in [5, 5.41) is 2.16. The zero-order valence-corrected chi connectivity index (χ0v) is 12.3. The van der Waals surface area contributed by atoms with Gasteiger partial charge < -0.3 is 10.6 Å². The normalized spacial score (nSPS) is 19.3. The highest BCUT2D eigenvalue weighted by atomic mass is 32.1. The fourth-order valence-corrected chi connectivity index (χ4v) is 3.82. The van der Waals surface area contributed by atoms with Crippen LogP contribution >= 0.6 is 11.3 Å². The molecule has 0 aromatic carbocycles. The quantitative estimate of drug-likeness (QED) is 0.854. The van der Waals surface area contributed by atoms with E-state index in [1.54, 1.807) is 0 Å². The fourth-order valence-electron chi connectivity index (χ4n) is 3.03. The minimum Gasteiger partial charge on any atom is -0.330 e. The molecule has 3 heteroatoms. The lowest BCUT2D eigenvalue weighted by Crippen LogP contribution is -2.36. The lowest BCUT2D eigenvalue weighted by molar-refractivity contribution is 0.154. The molecular formula is C15H26N2S. The van der Waals surface area contributed by atoms with Crippen LogP contribution < -0.4 is 5.73 Å². The second-order valence-electron chi connectivity index (χ2n) is 5.83. The maximum Gasteiger partial charge on any atom is 0.0324 e. The van der Waals surface area contributed by atoms with E-state index < -0.39 is 0 Å². The van der Waals surface area contributed by atoms with E-state index in [0.717, 1.165) is 13.1 Å². The second kappa shape index (κ2) is 6.69. The Bertz CT molecular complexity index is 328. The van der Waals surface area contributed by atoms with E-state index >= 15 is 0 Å². The third kappa shape index (κ3) is 3.81. The number of hydrogen-bond acceptors (Lipinski definition) is 3. The van der Waals surface area contributed by atoms with Crippen LogP contribution in [0.15, 0.2) is 17.5 Å². The van der Waals surface area contributed by atoms with Crippen molar-refractivity contribution < 1.29 is 0 Å². The summed E-state index contributed by atoms with van der Waals surface area (Å²) in [6.45, 7) is 3.13. The van der Waals surface area contributed by atoms with Crippen LogP contribution in [-0.4, -0.2) is 25.0 Å². The smallest absolute Gasteiger partial charge is 0.0324 e. The minimum atomic E-state index is 0.446. The second-order valence-corrected chi connectivity index (χ2v) is 6.86. The van der Waals surface area contributed by atoms with Crippen molar-refractivity contribution in [3.63, 3.8) is 0 Å². The largest absolute Gasteiger partial charge is 0.330 e. The molecule has 0 bridgehead atoms. The first-order valence-corrected chi connectivity index (χ1v) is 8.03. The lowest BCUT2D eigenvalue weighted by atomic mass is 9.72. The van der Waals surface area contributed by atoms with Crippen molar-refractivity contribution in [1.82, 2.24) is 4.90 Å². The molecule has 1 aromatic rings. The standard InChI is InChI=1S/C15H26N2S/c1-17(12-14-6-5-11-18-14)10-9-15(13-16)7-3-2-4-8-15/h5-6,11H,2-4,7-10,12-13,16H2,1H3. The van der Waals surface area contributed by atoms with Crippen LogP contribution in [0.5, 0.6) is 0 Å². The number of hydrogen-bond donors (Lipinski definition) is 1. The predicted molar refractivity (Wildman–Crippen MR) is 79.8 cm³/mol. The summed E-state index contributed by atoms with van der Waals surface area (Å²) in [5.74, 6) is 0. The van der Waals surface area contributed by atoms with Gasteiger partial charge in [-0.2, -0.15) is 0 Å². The average Bonchev–Trinajstić information content (AvgIpc) is 2.90. The van der Waals surface area contributed by atoms with E-state index in [4.69, 9.17) is 5.73 Å². The lowest BCUT2D eigenvalue weighted by Gasteiger charge is -2.37. The van der Waals surface area contributed by atoms with Crippen molar-refractivity contribution in [2.45, 2.75) is 45.1 Å². The molecule has 1 saturated carbocycles. The maximum absolute atomic E-state index is 6.04. The molecule has 2 nitrogen and oxygen atoms in total. The molecular weight excluding hydrogens is 240 g/mol. The van der Waals surface area contributed by atoms with Crippen LogP contribution in [0.2, 0.25) is 0 Å². The molecule has 2 rings (SSSR count). The van der Waals surface area contributed by atoms with Crippen molar-refractivity contribution in [3.05, 3.63) is 22.4 Å². The summed E-state index contributed by atoms with van der Waals surface area (Å²) in [5.41, 5.74) is 6.49. The Kier molecular flexibility index (Phi) is 5.22. The highest BCUT2D eigenvalue weighted by molar-refractivity contribution is 7.09. The molecule has 102 valence electrons. The minimum absolute atomic E-state index is 0.446. The van der Waals surface area contributed by atoms with E-state index in [2.05, 4.69) is 29.5 Å². The Morgan fingerprint density at radius 1 is 1.33 bits per heavy atom. The van der Waals surface area contributed by atoms with Gasteiger partial charge in [0.1, 0.15) is 0 Å². The molecule has 0 atom stereocenters. The number of rotatable bonds is 6. The molecule has 18 heavy (non-hydrogen) atoms. The van der Waals surface area contributed by atoms with Gasteiger partial charge in [-0.15, -0.1) is 11.3 Å². The Morgan fingerprint density at radius 3 is 2.72 bits per heavy atom. The molecule has 0 unspecified atom stereocenters. The first-order valence-electron chi connectivity index (χ1n) is 7.15. The summed E-state index contributed by atoms with van der Waals surface area (Å²) in [7, 11) is 2.23. The summed E-state index contributed by atoms with van der Waals surface area (Å²) in [6, 6.07) is 4.36. The Labute approximate surface area is 115 Å². The summed E-state index contributed by atoms with van der Waals surface area (Å²) < 4.78 is 0. The molecule has 1 aromatic heterocycles. The third-order valence-corrected chi connectivity index (χ3v) is 5.24. The van der Waals surface area contributed by atoms with Gasteiger partial charge in [0, 0.05) is 11.4 Å². The number of nitrogens with zero attached hydrogens (tertiary/aromatic N) is 1. The average molecular weight is 266 g/mol. The van der Waals surface area contributed by atoms with Crippen molar-refractivity contribution in [1.29, 1.82) is 0 Å². The molecule has 1 heterocycles. The van der Waals surface area contributed by atoms with E-state index in [1.807, 2.05) is 11.3 Å². The molecule has 0 radical (unpaired) electrons. The van der Waals surface area contributed by atoms with Gasteiger partial charge in [-0.3, -0.25) is 0 Å². The zero-order chi connectivity index (χ0) is 12.8.